The summed E-state index contributed by atoms with van der Waals surface area (Å²) in [6.07, 6.45) is 7.29. The Morgan fingerprint density at radius 3 is 2.77 bits per heavy atom. The van der Waals surface area contributed by atoms with Crippen molar-refractivity contribution in [3.05, 3.63) is 57.1 Å². The maximum Gasteiger partial charge on any atom is 0.261 e. The second-order valence-corrected chi connectivity index (χ2v) is 9.05. The third-order valence-electron chi connectivity index (χ3n) is 5.80. The molecule has 1 saturated carbocycles. The van der Waals surface area contributed by atoms with Gasteiger partial charge in [0.15, 0.2) is 5.78 Å². The number of ketones is 1. The van der Waals surface area contributed by atoms with Crippen molar-refractivity contribution < 1.29 is 14.3 Å². The lowest BCUT2D eigenvalue weighted by Crippen LogP contribution is -2.34. The fourth-order valence-corrected chi connectivity index (χ4v) is 4.28. The maximum atomic E-state index is 12.6. The van der Waals surface area contributed by atoms with E-state index in [0.717, 1.165) is 18.4 Å². The van der Waals surface area contributed by atoms with E-state index < -0.39 is 11.5 Å². The molecule has 0 bridgehead atoms. The molecule has 2 aromatic heterocycles. The van der Waals surface area contributed by atoms with Crippen molar-refractivity contribution in [2.75, 3.05) is 0 Å². The van der Waals surface area contributed by atoms with Crippen LogP contribution >= 0.6 is 0 Å². The molecule has 1 amide bonds. The number of rotatable bonds is 5. The molecule has 0 spiro atoms. The minimum absolute atomic E-state index is 0.0432. The molecule has 2 aliphatic carbocycles. The molecule has 0 saturated heterocycles. The normalized spacial score (nSPS) is 18.1. The minimum Gasteiger partial charge on any atom is -0.474 e. The summed E-state index contributed by atoms with van der Waals surface area (Å²) >= 11 is 0. The van der Waals surface area contributed by atoms with E-state index in [0.29, 0.717) is 30.0 Å². The average Bonchev–Trinajstić information content (AvgIpc) is 3.18. The molecule has 2 aromatic rings. The number of nitrogens with one attached hydrogen (secondary N) is 2. The number of hydrogen-bond acceptors (Lipinski definition) is 5. The highest BCUT2D eigenvalue weighted by Gasteiger charge is 2.32. The van der Waals surface area contributed by atoms with Crippen molar-refractivity contribution >= 4 is 11.7 Å². The number of aromatic nitrogens is 2. The summed E-state index contributed by atoms with van der Waals surface area (Å²) in [6.45, 7) is 4.22. The van der Waals surface area contributed by atoms with E-state index in [1.54, 1.807) is 18.3 Å². The largest absolute Gasteiger partial charge is 0.474 e. The molecule has 0 aliphatic heterocycles. The maximum absolute atomic E-state index is 12.6. The molecule has 2 heterocycles. The van der Waals surface area contributed by atoms with Gasteiger partial charge in [-0.15, -0.1) is 0 Å². The van der Waals surface area contributed by atoms with Crippen molar-refractivity contribution in [3.63, 3.8) is 0 Å². The Balaban J connectivity index is 1.45. The lowest BCUT2D eigenvalue weighted by molar-refractivity contribution is 0.0910. The van der Waals surface area contributed by atoms with Gasteiger partial charge in [-0.1, -0.05) is 13.8 Å². The molecule has 7 heteroatoms. The molecule has 2 aliphatic rings. The summed E-state index contributed by atoms with van der Waals surface area (Å²) < 4.78 is 5.90. The average molecular weight is 409 g/mol. The van der Waals surface area contributed by atoms with Crippen molar-refractivity contribution in [3.8, 4) is 5.88 Å². The van der Waals surface area contributed by atoms with Gasteiger partial charge < -0.3 is 15.0 Å². The van der Waals surface area contributed by atoms with Gasteiger partial charge in [0.05, 0.1) is 0 Å². The topological polar surface area (TPSA) is 101 Å². The molecule has 1 fully saturated rings. The fraction of sp³-hybridized carbons (Fsp3) is 0.478. The van der Waals surface area contributed by atoms with Crippen LogP contribution in [0.15, 0.2) is 29.2 Å². The van der Waals surface area contributed by atoms with Crippen LogP contribution in [0.4, 0.5) is 0 Å². The third kappa shape index (κ3) is 4.45. The summed E-state index contributed by atoms with van der Waals surface area (Å²) in [5, 5.41) is 2.76. The Labute approximate surface area is 175 Å². The number of H-pyrrole nitrogens is 1. The Kier molecular flexibility index (Phi) is 5.45. The van der Waals surface area contributed by atoms with Gasteiger partial charge in [-0.2, -0.15) is 0 Å². The molecule has 2 N–H and O–H groups in total. The predicted octanol–water partition coefficient (Wildman–Crippen LogP) is 3.18. The fourth-order valence-electron chi connectivity index (χ4n) is 4.28. The number of nitrogens with zero attached hydrogens (tertiary/aromatic N) is 1. The Morgan fingerprint density at radius 1 is 1.23 bits per heavy atom. The van der Waals surface area contributed by atoms with Crippen LogP contribution in [-0.2, 0) is 13.0 Å². The van der Waals surface area contributed by atoms with E-state index >= 15 is 0 Å². The van der Waals surface area contributed by atoms with Gasteiger partial charge in [0.2, 0.25) is 5.88 Å². The van der Waals surface area contributed by atoms with Crippen LogP contribution in [-0.4, -0.2) is 27.8 Å². The number of carbonyl (C=O) groups excluding carboxylic acids is 2. The van der Waals surface area contributed by atoms with Crippen molar-refractivity contribution in [2.24, 2.45) is 5.41 Å². The lowest BCUT2D eigenvalue weighted by atomic mass is 9.75. The highest BCUT2D eigenvalue weighted by Crippen LogP contribution is 2.33. The number of ether oxygens (including phenoxy) is 1. The number of pyridine rings is 2. The zero-order chi connectivity index (χ0) is 21.3. The van der Waals surface area contributed by atoms with Gasteiger partial charge in [0.25, 0.3) is 11.5 Å². The molecule has 7 nitrogen and oxygen atoms in total. The molecule has 0 atom stereocenters. The Morgan fingerprint density at radius 2 is 2.00 bits per heavy atom. The predicted molar refractivity (Wildman–Crippen MR) is 112 cm³/mol. The van der Waals surface area contributed by atoms with E-state index in [2.05, 4.69) is 15.3 Å². The second kappa shape index (κ2) is 8.05. The van der Waals surface area contributed by atoms with E-state index in [1.165, 1.54) is 18.9 Å². The number of fused-ring (bicyclic) bond motifs is 1. The first-order chi connectivity index (χ1) is 14.3. The van der Waals surface area contributed by atoms with Crippen LogP contribution < -0.4 is 15.6 Å². The van der Waals surface area contributed by atoms with Crippen LogP contribution in [0, 0.1) is 5.41 Å². The van der Waals surface area contributed by atoms with Gasteiger partial charge in [0.1, 0.15) is 11.7 Å². The number of amides is 1. The van der Waals surface area contributed by atoms with Crippen LogP contribution in [0.5, 0.6) is 5.88 Å². The first-order valence-corrected chi connectivity index (χ1v) is 10.5. The molecule has 158 valence electrons. The third-order valence-corrected chi connectivity index (χ3v) is 5.80. The monoisotopic (exact) mass is 409 g/mol. The highest BCUT2D eigenvalue weighted by molar-refractivity contribution is 6.02. The summed E-state index contributed by atoms with van der Waals surface area (Å²) in [5.74, 6) is -0.00497. The number of aromatic amines is 1. The van der Waals surface area contributed by atoms with Gasteiger partial charge in [-0.05, 0) is 55.2 Å². The van der Waals surface area contributed by atoms with E-state index in [4.69, 9.17) is 4.74 Å². The summed E-state index contributed by atoms with van der Waals surface area (Å²) in [6, 6.07) is 5.04. The summed E-state index contributed by atoms with van der Waals surface area (Å²) in [7, 11) is 0. The summed E-state index contributed by atoms with van der Waals surface area (Å²) in [5.41, 5.74) is 1.17. The standard InChI is InChI=1S/C23H27N3O4/c1-23(2)11-18-16(19(27)12-23)10-17(22(29)26-18)21(28)25-13-14-7-8-24-20(9-14)30-15-5-3-4-6-15/h7-10,15H,3-6,11-13H2,1-2H3,(H,25,28)(H,26,29). The first kappa shape index (κ1) is 20.3. The SMILES string of the molecule is CC1(C)CC(=O)c2cc(C(=O)NCc3ccnc(OC4CCCC4)c3)c(=O)[nH]c2C1. The van der Waals surface area contributed by atoms with Gasteiger partial charge in [-0.25, -0.2) is 4.98 Å². The Bertz CT molecular complexity index is 1030. The molecular weight excluding hydrogens is 382 g/mol. The van der Waals surface area contributed by atoms with Gasteiger partial charge in [0, 0.05) is 36.5 Å². The van der Waals surface area contributed by atoms with E-state index in [-0.39, 0.29) is 29.4 Å². The van der Waals surface area contributed by atoms with Crippen molar-refractivity contribution in [1.82, 2.24) is 15.3 Å². The zero-order valence-corrected chi connectivity index (χ0v) is 17.4. The van der Waals surface area contributed by atoms with E-state index in [1.807, 2.05) is 13.8 Å². The molecular formula is C23H27N3O4. The van der Waals surface area contributed by atoms with Gasteiger partial charge >= 0.3 is 0 Å². The molecule has 0 radical (unpaired) electrons. The second-order valence-electron chi connectivity index (χ2n) is 9.05. The van der Waals surface area contributed by atoms with Crippen LogP contribution in [0.1, 0.15) is 77.9 Å². The van der Waals surface area contributed by atoms with Crippen LogP contribution in [0.3, 0.4) is 0 Å². The number of carbonyl (C=O) groups is 2. The molecule has 0 unspecified atom stereocenters. The van der Waals surface area contributed by atoms with Crippen LogP contribution in [0.2, 0.25) is 0 Å². The van der Waals surface area contributed by atoms with E-state index in [9.17, 15) is 14.4 Å². The first-order valence-electron chi connectivity index (χ1n) is 10.5. The number of hydrogen-bond donors (Lipinski definition) is 2. The lowest BCUT2D eigenvalue weighted by Gasteiger charge is -2.29. The quantitative estimate of drug-likeness (QED) is 0.790. The highest BCUT2D eigenvalue weighted by atomic mass is 16.5. The van der Waals surface area contributed by atoms with Gasteiger partial charge in [-0.3, -0.25) is 14.4 Å². The number of Topliss-reactive ketones (excluding diaryl/α,β-unsaturated/α-hetero) is 1. The summed E-state index contributed by atoms with van der Waals surface area (Å²) in [4.78, 5) is 44.5. The smallest absolute Gasteiger partial charge is 0.261 e. The van der Waals surface area contributed by atoms with Crippen LogP contribution in [0.25, 0.3) is 0 Å². The van der Waals surface area contributed by atoms with Crippen molar-refractivity contribution in [1.29, 1.82) is 0 Å². The molecule has 30 heavy (non-hydrogen) atoms. The molecule has 0 aromatic carbocycles. The Hall–Kier alpha value is -2.96. The molecule has 4 rings (SSSR count). The minimum atomic E-state index is -0.508. The van der Waals surface area contributed by atoms with Crippen molar-refractivity contribution in [2.45, 2.75) is 65.0 Å². The zero-order valence-electron chi connectivity index (χ0n) is 17.4.